The molecule has 6 nitrogen and oxygen atoms in total. The van der Waals surface area contributed by atoms with Crippen LogP contribution in [0, 0.1) is 6.92 Å². The van der Waals surface area contributed by atoms with E-state index in [0.29, 0.717) is 11.3 Å². The Hall–Kier alpha value is -2.70. The van der Waals surface area contributed by atoms with Crippen LogP contribution in [0.1, 0.15) is 21.5 Å². The number of hydrogen-bond donors (Lipinski definition) is 1. The SMILES string of the molecule is Cc1ccccc1NC(=O)COC(=O)c1ccc(CN2CCOCC2)cc1. The number of morpholine rings is 1. The van der Waals surface area contributed by atoms with Crippen LogP contribution in [0.15, 0.2) is 48.5 Å². The highest BCUT2D eigenvalue weighted by atomic mass is 16.5. The number of ether oxygens (including phenoxy) is 2. The molecular formula is C21H24N2O4. The van der Waals surface area contributed by atoms with Gasteiger partial charge in [-0.3, -0.25) is 9.69 Å². The van der Waals surface area contributed by atoms with Gasteiger partial charge in [0.05, 0.1) is 18.8 Å². The Morgan fingerprint density at radius 3 is 2.48 bits per heavy atom. The molecule has 27 heavy (non-hydrogen) atoms. The van der Waals surface area contributed by atoms with Gasteiger partial charge >= 0.3 is 5.97 Å². The average molecular weight is 368 g/mol. The predicted molar refractivity (Wildman–Crippen MR) is 103 cm³/mol. The van der Waals surface area contributed by atoms with Gasteiger partial charge in [0.25, 0.3) is 5.91 Å². The second kappa shape index (κ2) is 9.30. The number of para-hydroxylation sites is 1. The van der Waals surface area contributed by atoms with E-state index >= 15 is 0 Å². The zero-order valence-corrected chi connectivity index (χ0v) is 15.4. The van der Waals surface area contributed by atoms with Crippen LogP contribution >= 0.6 is 0 Å². The number of hydrogen-bond acceptors (Lipinski definition) is 5. The van der Waals surface area contributed by atoms with Crippen molar-refractivity contribution in [3.8, 4) is 0 Å². The number of benzene rings is 2. The van der Waals surface area contributed by atoms with E-state index < -0.39 is 5.97 Å². The van der Waals surface area contributed by atoms with Crippen molar-refractivity contribution in [2.24, 2.45) is 0 Å². The molecule has 1 fully saturated rings. The van der Waals surface area contributed by atoms with Gasteiger partial charge in [-0.2, -0.15) is 0 Å². The summed E-state index contributed by atoms with van der Waals surface area (Å²) in [6.07, 6.45) is 0. The van der Waals surface area contributed by atoms with Gasteiger partial charge in [0.15, 0.2) is 6.61 Å². The molecule has 2 aromatic carbocycles. The molecule has 1 aliphatic rings. The number of carbonyl (C=O) groups is 2. The molecule has 1 saturated heterocycles. The van der Waals surface area contributed by atoms with Crippen molar-refractivity contribution in [1.29, 1.82) is 0 Å². The summed E-state index contributed by atoms with van der Waals surface area (Å²) in [6, 6.07) is 14.7. The lowest BCUT2D eigenvalue weighted by atomic mass is 10.1. The Morgan fingerprint density at radius 2 is 1.78 bits per heavy atom. The summed E-state index contributed by atoms with van der Waals surface area (Å²) in [7, 11) is 0. The molecule has 3 rings (SSSR count). The average Bonchev–Trinajstić information content (AvgIpc) is 2.69. The molecule has 142 valence electrons. The Balaban J connectivity index is 1.47. The third-order valence-corrected chi connectivity index (χ3v) is 4.45. The van der Waals surface area contributed by atoms with Crippen molar-refractivity contribution in [2.45, 2.75) is 13.5 Å². The van der Waals surface area contributed by atoms with Gasteiger partial charge in [-0.15, -0.1) is 0 Å². The number of nitrogens with zero attached hydrogens (tertiary/aromatic N) is 1. The van der Waals surface area contributed by atoms with Gasteiger partial charge in [-0.25, -0.2) is 4.79 Å². The van der Waals surface area contributed by atoms with Crippen molar-refractivity contribution in [1.82, 2.24) is 4.90 Å². The Bertz CT molecular complexity index is 783. The third-order valence-electron chi connectivity index (χ3n) is 4.45. The van der Waals surface area contributed by atoms with Crippen molar-refractivity contribution < 1.29 is 19.1 Å². The van der Waals surface area contributed by atoms with Crippen LogP contribution in [0.25, 0.3) is 0 Å². The normalized spacial score (nSPS) is 14.6. The Morgan fingerprint density at radius 1 is 1.07 bits per heavy atom. The lowest BCUT2D eigenvalue weighted by Gasteiger charge is -2.26. The zero-order valence-electron chi connectivity index (χ0n) is 15.4. The molecular weight excluding hydrogens is 344 g/mol. The number of anilines is 1. The summed E-state index contributed by atoms with van der Waals surface area (Å²) in [5.41, 5.74) is 3.23. The zero-order chi connectivity index (χ0) is 19.1. The predicted octanol–water partition coefficient (Wildman–Crippen LogP) is 2.62. The maximum absolute atomic E-state index is 12.1. The summed E-state index contributed by atoms with van der Waals surface area (Å²) >= 11 is 0. The van der Waals surface area contributed by atoms with Crippen LogP contribution in [0.5, 0.6) is 0 Å². The van der Waals surface area contributed by atoms with Gasteiger partial charge in [-0.05, 0) is 36.2 Å². The van der Waals surface area contributed by atoms with Crippen molar-refractivity contribution >= 4 is 17.6 Å². The van der Waals surface area contributed by atoms with E-state index in [1.54, 1.807) is 12.1 Å². The van der Waals surface area contributed by atoms with E-state index in [0.717, 1.165) is 44.0 Å². The van der Waals surface area contributed by atoms with Gasteiger partial charge in [-0.1, -0.05) is 30.3 Å². The van der Waals surface area contributed by atoms with E-state index in [1.165, 1.54) is 0 Å². The van der Waals surface area contributed by atoms with E-state index in [9.17, 15) is 9.59 Å². The highest BCUT2D eigenvalue weighted by Gasteiger charge is 2.13. The second-order valence-electron chi connectivity index (χ2n) is 6.52. The molecule has 0 spiro atoms. The molecule has 6 heteroatoms. The monoisotopic (exact) mass is 368 g/mol. The van der Waals surface area contributed by atoms with Crippen LogP contribution in [-0.2, 0) is 20.8 Å². The first-order valence-corrected chi connectivity index (χ1v) is 9.03. The maximum Gasteiger partial charge on any atom is 0.338 e. The third kappa shape index (κ3) is 5.64. The lowest BCUT2D eigenvalue weighted by Crippen LogP contribution is -2.35. The fourth-order valence-electron chi connectivity index (χ4n) is 2.88. The maximum atomic E-state index is 12.1. The number of esters is 1. The van der Waals surface area contributed by atoms with Crippen LogP contribution in [0.3, 0.4) is 0 Å². The molecule has 1 aliphatic heterocycles. The fourth-order valence-corrected chi connectivity index (χ4v) is 2.88. The summed E-state index contributed by atoms with van der Waals surface area (Å²) < 4.78 is 10.5. The number of nitrogens with one attached hydrogen (secondary N) is 1. The molecule has 2 aromatic rings. The molecule has 1 N–H and O–H groups in total. The Kier molecular flexibility index (Phi) is 6.57. The van der Waals surface area contributed by atoms with Crippen LogP contribution < -0.4 is 5.32 Å². The van der Waals surface area contributed by atoms with Gasteiger partial charge in [0, 0.05) is 25.3 Å². The van der Waals surface area contributed by atoms with E-state index in [4.69, 9.17) is 9.47 Å². The summed E-state index contributed by atoms with van der Waals surface area (Å²) in [6.45, 7) is 5.77. The minimum atomic E-state index is -0.507. The number of carbonyl (C=O) groups excluding carboxylic acids is 2. The minimum Gasteiger partial charge on any atom is -0.452 e. The topological polar surface area (TPSA) is 67.9 Å². The summed E-state index contributed by atoms with van der Waals surface area (Å²) in [4.78, 5) is 26.4. The fraction of sp³-hybridized carbons (Fsp3) is 0.333. The first-order chi connectivity index (χ1) is 13.1. The molecule has 0 radical (unpaired) electrons. The first-order valence-electron chi connectivity index (χ1n) is 9.03. The second-order valence-corrected chi connectivity index (χ2v) is 6.52. The molecule has 0 bridgehead atoms. The number of aryl methyl sites for hydroxylation is 1. The molecule has 0 atom stereocenters. The summed E-state index contributed by atoms with van der Waals surface area (Å²) in [5, 5.41) is 2.74. The van der Waals surface area contributed by atoms with Crippen LogP contribution in [0.4, 0.5) is 5.69 Å². The molecule has 0 aromatic heterocycles. The standard InChI is InChI=1S/C21H24N2O4/c1-16-4-2-3-5-19(16)22-20(24)15-27-21(25)18-8-6-17(7-9-18)14-23-10-12-26-13-11-23/h2-9H,10-15H2,1H3,(H,22,24). The number of amides is 1. The van der Waals surface area contributed by atoms with Crippen LogP contribution in [-0.4, -0.2) is 49.7 Å². The lowest BCUT2D eigenvalue weighted by molar-refractivity contribution is -0.119. The molecule has 0 saturated carbocycles. The van der Waals surface area contributed by atoms with E-state index in [2.05, 4.69) is 10.2 Å². The molecule has 1 heterocycles. The van der Waals surface area contributed by atoms with Gasteiger partial charge in [0.2, 0.25) is 0 Å². The van der Waals surface area contributed by atoms with Crippen LogP contribution in [0.2, 0.25) is 0 Å². The Labute approximate surface area is 159 Å². The summed E-state index contributed by atoms with van der Waals surface area (Å²) in [5.74, 6) is -0.866. The quantitative estimate of drug-likeness (QED) is 0.794. The molecule has 0 unspecified atom stereocenters. The smallest absolute Gasteiger partial charge is 0.338 e. The van der Waals surface area contributed by atoms with Gasteiger partial charge < -0.3 is 14.8 Å². The van der Waals surface area contributed by atoms with Crippen molar-refractivity contribution in [2.75, 3.05) is 38.2 Å². The van der Waals surface area contributed by atoms with Crippen molar-refractivity contribution in [3.05, 3.63) is 65.2 Å². The first kappa shape index (κ1) is 19.1. The number of rotatable bonds is 6. The van der Waals surface area contributed by atoms with E-state index in [1.807, 2.05) is 43.3 Å². The van der Waals surface area contributed by atoms with Gasteiger partial charge in [0.1, 0.15) is 0 Å². The highest BCUT2D eigenvalue weighted by molar-refractivity contribution is 5.95. The molecule has 0 aliphatic carbocycles. The van der Waals surface area contributed by atoms with Crippen molar-refractivity contribution in [3.63, 3.8) is 0 Å². The largest absolute Gasteiger partial charge is 0.452 e. The highest BCUT2D eigenvalue weighted by Crippen LogP contribution is 2.13. The van der Waals surface area contributed by atoms with E-state index in [-0.39, 0.29) is 12.5 Å². The molecule has 1 amide bonds. The minimum absolute atomic E-state index is 0.317.